The number of benzene rings is 1. The molecule has 2 heterocycles. The molecule has 1 aromatic heterocycles. The summed E-state index contributed by atoms with van der Waals surface area (Å²) in [4.78, 5) is 5.72. The van der Waals surface area contributed by atoms with Crippen LogP contribution in [0.3, 0.4) is 0 Å². The van der Waals surface area contributed by atoms with Crippen LogP contribution in [0, 0.1) is 16.7 Å². The number of para-hydroxylation sites is 1. The van der Waals surface area contributed by atoms with Crippen molar-refractivity contribution in [3.8, 4) is 6.07 Å². The van der Waals surface area contributed by atoms with E-state index in [1.165, 1.54) is 0 Å². The molecule has 1 fully saturated rings. The largest absolute Gasteiger partial charge is 0.356 e. The van der Waals surface area contributed by atoms with Crippen LogP contribution in [0.2, 0.25) is 5.02 Å². The van der Waals surface area contributed by atoms with Crippen LogP contribution in [0.4, 0.5) is 0 Å². The first-order valence-corrected chi connectivity index (χ1v) is 7.38. The molecular weight excluding hydrogens is 270 g/mol. The number of aromatic nitrogens is 1. The number of nitrogens with zero attached hydrogens (tertiary/aromatic N) is 2. The number of rotatable bonds is 2. The highest BCUT2D eigenvalue weighted by atomic mass is 35.5. The highest BCUT2D eigenvalue weighted by molar-refractivity contribution is 6.36. The van der Waals surface area contributed by atoms with Gasteiger partial charge in [-0.1, -0.05) is 29.8 Å². The van der Waals surface area contributed by atoms with Gasteiger partial charge in [0.05, 0.1) is 16.5 Å². The first kappa shape index (κ1) is 13.5. The van der Waals surface area contributed by atoms with Crippen molar-refractivity contribution in [1.29, 1.82) is 5.26 Å². The number of piperidine rings is 1. The summed E-state index contributed by atoms with van der Waals surface area (Å²) >= 11 is 6.46. The van der Waals surface area contributed by atoms with Gasteiger partial charge in [-0.3, -0.25) is 4.90 Å². The van der Waals surface area contributed by atoms with E-state index in [2.05, 4.69) is 16.0 Å². The normalized spacial score (nSPS) is 23.9. The monoisotopic (exact) mass is 287 g/mol. The Morgan fingerprint density at radius 2 is 2.25 bits per heavy atom. The van der Waals surface area contributed by atoms with Crippen molar-refractivity contribution in [3.05, 3.63) is 35.0 Å². The van der Waals surface area contributed by atoms with E-state index in [9.17, 15) is 5.26 Å². The molecule has 104 valence electrons. The average molecular weight is 288 g/mol. The van der Waals surface area contributed by atoms with Crippen molar-refractivity contribution < 1.29 is 0 Å². The number of nitriles is 1. The Kier molecular flexibility index (Phi) is 3.45. The number of hydrogen-bond donors (Lipinski definition) is 1. The SMILES string of the molecule is C[C@@]1(C#N)CCCN(Cc2[nH]c3ccccc3c2Cl)C1. The van der Waals surface area contributed by atoms with Crippen molar-refractivity contribution in [2.75, 3.05) is 13.1 Å². The zero-order valence-corrected chi connectivity index (χ0v) is 12.4. The summed E-state index contributed by atoms with van der Waals surface area (Å²) in [6.07, 6.45) is 2.06. The van der Waals surface area contributed by atoms with Crippen LogP contribution in [0.1, 0.15) is 25.5 Å². The van der Waals surface area contributed by atoms with Gasteiger partial charge in [-0.15, -0.1) is 0 Å². The number of hydrogen-bond acceptors (Lipinski definition) is 2. The summed E-state index contributed by atoms with van der Waals surface area (Å²) in [5.41, 5.74) is 1.90. The molecule has 3 nitrogen and oxygen atoms in total. The summed E-state index contributed by atoms with van der Waals surface area (Å²) in [5.74, 6) is 0. The molecule has 0 bridgehead atoms. The lowest BCUT2D eigenvalue weighted by Crippen LogP contribution is -2.40. The van der Waals surface area contributed by atoms with Crippen LogP contribution in [0.15, 0.2) is 24.3 Å². The van der Waals surface area contributed by atoms with Gasteiger partial charge < -0.3 is 4.98 Å². The molecule has 3 rings (SSSR count). The van der Waals surface area contributed by atoms with Gasteiger partial charge in [0.2, 0.25) is 0 Å². The molecule has 1 saturated heterocycles. The molecule has 1 aromatic carbocycles. The third kappa shape index (κ3) is 2.42. The molecule has 2 aromatic rings. The van der Waals surface area contributed by atoms with E-state index in [-0.39, 0.29) is 5.41 Å². The lowest BCUT2D eigenvalue weighted by atomic mass is 9.83. The van der Waals surface area contributed by atoms with Gasteiger partial charge in [0, 0.05) is 29.7 Å². The molecular formula is C16H18ClN3. The molecule has 1 aliphatic rings. The molecule has 0 spiro atoms. The maximum atomic E-state index is 9.29. The van der Waals surface area contributed by atoms with Crippen molar-refractivity contribution in [1.82, 2.24) is 9.88 Å². The summed E-state index contributed by atoms with van der Waals surface area (Å²) in [6.45, 7) is 4.68. The smallest absolute Gasteiger partial charge is 0.0705 e. The zero-order chi connectivity index (χ0) is 14.2. The minimum absolute atomic E-state index is 0.225. The zero-order valence-electron chi connectivity index (χ0n) is 11.6. The lowest BCUT2D eigenvalue weighted by molar-refractivity contribution is 0.136. The maximum absolute atomic E-state index is 9.29. The van der Waals surface area contributed by atoms with Crippen molar-refractivity contribution >= 4 is 22.5 Å². The number of likely N-dealkylation sites (tertiary alicyclic amines) is 1. The van der Waals surface area contributed by atoms with E-state index in [0.29, 0.717) is 0 Å². The van der Waals surface area contributed by atoms with Gasteiger partial charge in [0.15, 0.2) is 0 Å². The minimum Gasteiger partial charge on any atom is -0.356 e. The second-order valence-corrected chi connectivity index (χ2v) is 6.33. The molecule has 1 aliphatic heterocycles. The summed E-state index contributed by atoms with van der Waals surface area (Å²) in [6, 6.07) is 10.5. The topological polar surface area (TPSA) is 42.8 Å². The highest BCUT2D eigenvalue weighted by Crippen LogP contribution is 2.32. The van der Waals surface area contributed by atoms with Gasteiger partial charge in [-0.05, 0) is 32.4 Å². The molecule has 1 N–H and O–H groups in total. The second-order valence-electron chi connectivity index (χ2n) is 5.95. The Hall–Kier alpha value is -1.50. The first-order valence-electron chi connectivity index (χ1n) is 7.00. The van der Waals surface area contributed by atoms with Gasteiger partial charge >= 0.3 is 0 Å². The Balaban J connectivity index is 1.83. The van der Waals surface area contributed by atoms with E-state index >= 15 is 0 Å². The fraction of sp³-hybridized carbons (Fsp3) is 0.438. The fourth-order valence-corrected chi connectivity index (χ4v) is 3.34. The van der Waals surface area contributed by atoms with Crippen molar-refractivity contribution in [2.45, 2.75) is 26.3 Å². The van der Waals surface area contributed by atoms with Crippen LogP contribution < -0.4 is 0 Å². The predicted molar refractivity (Wildman–Crippen MR) is 81.5 cm³/mol. The highest BCUT2D eigenvalue weighted by Gasteiger charge is 2.31. The van der Waals surface area contributed by atoms with E-state index in [1.54, 1.807) is 0 Å². The quantitative estimate of drug-likeness (QED) is 0.909. The van der Waals surface area contributed by atoms with Crippen LogP contribution >= 0.6 is 11.6 Å². The third-order valence-electron chi connectivity index (χ3n) is 4.14. The Morgan fingerprint density at radius 1 is 1.45 bits per heavy atom. The summed E-state index contributed by atoms with van der Waals surface area (Å²) in [5, 5.41) is 11.2. The average Bonchev–Trinajstić information content (AvgIpc) is 2.76. The molecule has 0 saturated carbocycles. The van der Waals surface area contributed by atoms with Crippen LogP contribution in [0.5, 0.6) is 0 Å². The van der Waals surface area contributed by atoms with Gasteiger partial charge in [-0.2, -0.15) is 5.26 Å². The lowest BCUT2D eigenvalue weighted by Gasteiger charge is -2.35. The standard InChI is InChI=1S/C16H18ClN3/c1-16(10-18)7-4-8-20(11-16)9-14-15(17)12-5-2-3-6-13(12)19-14/h2-3,5-6,19H,4,7-9,11H2,1H3/t16-/m0/s1. The number of halogens is 1. The van der Waals surface area contributed by atoms with E-state index in [1.807, 2.05) is 31.2 Å². The van der Waals surface area contributed by atoms with Crippen LogP contribution in [0.25, 0.3) is 10.9 Å². The first-order chi connectivity index (χ1) is 9.61. The maximum Gasteiger partial charge on any atom is 0.0705 e. The Labute approximate surface area is 124 Å². The van der Waals surface area contributed by atoms with E-state index in [0.717, 1.165) is 54.1 Å². The van der Waals surface area contributed by atoms with E-state index in [4.69, 9.17) is 11.6 Å². The van der Waals surface area contributed by atoms with Gasteiger partial charge in [0.25, 0.3) is 0 Å². The minimum atomic E-state index is -0.225. The number of aromatic amines is 1. The van der Waals surface area contributed by atoms with Crippen LogP contribution in [-0.2, 0) is 6.54 Å². The van der Waals surface area contributed by atoms with Gasteiger partial charge in [0.1, 0.15) is 0 Å². The summed E-state index contributed by atoms with van der Waals surface area (Å²) < 4.78 is 0. The second kappa shape index (κ2) is 5.12. The molecule has 0 amide bonds. The third-order valence-corrected chi connectivity index (χ3v) is 4.57. The van der Waals surface area contributed by atoms with Crippen molar-refractivity contribution in [3.63, 3.8) is 0 Å². The fourth-order valence-electron chi connectivity index (χ4n) is 3.07. The predicted octanol–water partition coefficient (Wildman–Crippen LogP) is 3.95. The molecule has 4 heteroatoms. The number of H-pyrrole nitrogens is 1. The Morgan fingerprint density at radius 3 is 3.00 bits per heavy atom. The van der Waals surface area contributed by atoms with Crippen LogP contribution in [-0.4, -0.2) is 23.0 Å². The Bertz CT molecular complexity index is 670. The van der Waals surface area contributed by atoms with Crippen molar-refractivity contribution in [2.24, 2.45) is 5.41 Å². The molecule has 1 atom stereocenters. The molecule has 20 heavy (non-hydrogen) atoms. The molecule has 0 aliphatic carbocycles. The number of nitrogens with one attached hydrogen (secondary N) is 1. The van der Waals surface area contributed by atoms with Gasteiger partial charge in [-0.25, -0.2) is 0 Å². The molecule has 0 unspecified atom stereocenters. The summed E-state index contributed by atoms with van der Waals surface area (Å²) in [7, 11) is 0. The molecule has 0 radical (unpaired) electrons. The number of fused-ring (bicyclic) bond motifs is 1. The van der Waals surface area contributed by atoms with E-state index < -0.39 is 0 Å².